The van der Waals surface area contributed by atoms with E-state index in [1.165, 1.54) is 12.2 Å². The molecule has 0 N–H and O–H groups in total. The Labute approximate surface area is 161 Å². The first kappa shape index (κ1) is 24.7. The van der Waals surface area contributed by atoms with Gasteiger partial charge in [-0.3, -0.25) is 0 Å². The summed E-state index contributed by atoms with van der Waals surface area (Å²) in [7, 11) is 1.13. The molecule has 0 spiro atoms. The Bertz CT molecular complexity index is 529. The first-order valence-electron chi connectivity index (χ1n) is 8.45. The highest BCUT2D eigenvalue weighted by Gasteiger charge is 2.44. The van der Waals surface area contributed by atoms with Gasteiger partial charge in [-0.1, -0.05) is 12.2 Å². The SMILES string of the molecule is C=CCO[C@@H](C=C)[C@H](C(=O)OC)N(C(=O)OC(C)(C)C)C(=O)OC(C)(C)C. The van der Waals surface area contributed by atoms with Gasteiger partial charge in [0.1, 0.15) is 17.3 Å². The third kappa shape index (κ3) is 8.72. The van der Waals surface area contributed by atoms with Crippen LogP contribution in [0.5, 0.6) is 0 Å². The summed E-state index contributed by atoms with van der Waals surface area (Å²) in [6.45, 7) is 17.0. The average molecular weight is 385 g/mol. The van der Waals surface area contributed by atoms with Crippen molar-refractivity contribution in [2.45, 2.75) is 64.9 Å². The molecule has 0 rings (SSSR count). The molecule has 0 radical (unpaired) electrons. The number of rotatable bonds is 7. The van der Waals surface area contributed by atoms with Gasteiger partial charge in [0.15, 0.2) is 6.04 Å². The van der Waals surface area contributed by atoms with Crippen LogP contribution < -0.4 is 0 Å². The Kier molecular flexibility index (Phi) is 9.23. The van der Waals surface area contributed by atoms with Crippen molar-refractivity contribution in [1.82, 2.24) is 4.90 Å². The van der Waals surface area contributed by atoms with Crippen LogP contribution in [0.4, 0.5) is 9.59 Å². The Morgan fingerprint density at radius 1 is 0.963 bits per heavy atom. The van der Waals surface area contributed by atoms with Crippen LogP contribution in [0.3, 0.4) is 0 Å². The van der Waals surface area contributed by atoms with E-state index >= 15 is 0 Å². The molecular formula is C19H31NO7. The molecule has 0 saturated carbocycles. The number of carbonyl (C=O) groups is 3. The minimum absolute atomic E-state index is 0.0562. The van der Waals surface area contributed by atoms with Gasteiger partial charge in [0.25, 0.3) is 0 Å². The highest BCUT2D eigenvalue weighted by molar-refractivity contribution is 5.94. The van der Waals surface area contributed by atoms with Crippen molar-refractivity contribution in [2.24, 2.45) is 0 Å². The molecule has 0 aliphatic carbocycles. The van der Waals surface area contributed by atoms with Gasteiger partial charge < -0.3 is 18.9 Å². The van der Waals surface area contributed by atoms with Crippen molar-refractivity contribution < 1.29 is 33.3 Å². The summed E-state index contributed by atoms with van der Waals surface area (Å²) in [5.74, 6) is -0.888. The molecule has 0 aromatic carbocycles. The maximum Gasteiger partial charge on any atom is 0.420 e. The average Bonchev–Trinajstić information content (AvgIpc) is 2.49. The lowest BCUT2D eigenvalue weighted by Gasteiger charge is -2.34. The fraction of sp³-hybridized carbons (Fsp3) is 0.632. The van der Waals surface area contributed by atoms with E-state index in [1.54, 1.807) is 41.5 Å². The Morgan fingerprint density at radius 3 is 1.70 bits per heavy atom. The second-order valence-electron chi connectivity index (χ2n) is 7.62. The molecule has 2 amide bonds. The van der Waals surface area contributed by atoms with Gasteiger partial charge in [0.05, 0.1) is 13.7 Å². The molecule has 0 fully saturated rings. The second-order valence-corrected chi connectivity index (χ2v) is 7.62. The number of nitrogens with zero attached hydrogens (tertiary/aromatic N) is 1. The largest absolute Gasteiger partial charge is 0.467 e. The van der Waals surface area contributed by atoms with E-state index in [0.717, 1.165) is 7.11 Å². The number of imide groups is 1. The van der Waals surface area contributed by atoms with Gasteiger partial charge in [-0.2, -0.15) is 4.90 Å². The number of ether oxygens (including phenoxy) is 4. The zero-order valence-corrected chi connectivity index (χ0v) is 17.2. The molecule has 0 heterocycles. The van der Waals surface area contributed by atoms with Crippen LogP contribution >= 0.6 is 0 Å². The number of esters is 1. The first-order valence-corrected chi connectivity index (χ1v) is 8.45. The molecular weight excluding hydrogens is 354 g/mol. The zero-order chi connectivity index (χ0) is 21.4. The quantitative estimate of drug-likeness (QED) is 0.376. The van der Waals surface area contributed by atoms with Gasteiger partial charge in [-0.25, -0.2) is 14.4 Å². The van der Waals surface area contributed by atoms with Crippen molar-refractivity contribution >= 4 is 18.2 Å². The Hall–Kier alpha value is -2.35. The minimum Gasteiger partial charge on any atom is -0.467 e. The summed E-state index contributed by atoms with van der Waals surface area (Å²) in [5, 5.41) is 0. The number of amides is 2. The maximum absolute atomic E-state index is 12.7. The number of hydrogen-bond acceptors (Lipinski definition) is 7. The molecule has 0 saturated heterocycles. The molecule has 27 heavy (non-hydrogen) atoms. The molecule has 8 nitrogen and oxygen atoms in total. The van der Waals surface area contributed by atoms with E-state index in [2.05, 4.69) is 13.2 Å². The molecule has 0 aliphatic heterocycles. The van der Waals surface area contributed by atoms with Gasteiger partial charge in [0, 0.05) is 0 Å². The predicted molar refractivity (Wildman–Crippen MR) is 100 cm³/mol. The fourth-order valence-electron chi connectivity index (χ4n) is 1.90. The van der Waals surface area contributed by atoms with E-state index in [1.807, 2.05) is 0 Å². The summed E-state index contributed by atoms with van der Waals surface area (Å²) in [6.07, 6.45) is -0.457. The molecule has 8 heteroatoms. The van der Waals surface area contributed by atoms with E-state index in [9.17, 15) is 14.4 Å². The summed E-state index contributed by atoms with van der Waals surface area (Å²) < 4.78 is 20.8. The molecule has 0 aromatic heterocycles. The summed E-state index contributed by atoms with van der Waals surface area (Å²) in [4.78, 5) is 38.4. The molecule has 2 atom stereocenters. The highest BCUT2D eigenvalue weighted by Crippen LogP contribution is 2.21. The van der Waals surface area contributed by atoms with Crippen LogP contribution in [0.1, 0.15) is 41.5 Å². The lowest BCUT2D eigenvalue weighted by atomic mass is 10.1. The highest BCUT2D eigenvalue weighted by atomic mass is 16.6. The lowest BCUT2D eigenvalue weighted by Crippen LogP contribution is -2.57. The van der Waals surface area contributed by atoms with Gasteiger partial charge in [-0.05, 0) is 41.5 Å². The molecule has 0 bridgehead atoms. The van der Waals surface area contributed by atoms with Crippen molar-refractivity contribution in [3.63, 3.8) is 0 Å². The van der Waals surface area contributed by atoms with E-state index in [-0.39, 0.29) is 6.61 Å². The second kappa shape index (κ2) is 10.1. The lowest BCUT2D eigenvalue weighted by molar-refractivity contribution is -0.151. The predicted octanol–water partition coefficient (Wildman–Crippen LogP) is 3.46. The van der Waals surface area contributed by atoms with Crippen LogP contribution in [-0.2, 0) is 23.7 Å². The van der Waals surface area contributed by atoms with Crippen molar-refractivity contribution in [1.29, 1.82) is 0 Å². The van der Waals surface area contributed by atoms with E-state index in [4.69, 9.17) is 18.9 Å². The molecule has 0 aromatic rings. The van der Waals surface area contributed by atoms with Crippen LogP contribution in [0, 0.1) is 0 Å². The molecule has 0 unspecified atom stereocenters. The smallest absolute Gasteiger partial charge is 0.420 e. The summed E-state index contributed by atoms with van der Waals surface area (Å²) in [5.41, 5.74) is -1.83. The van der Waals surface area contributed by atoms with Crippen molar-refractivity contribution in [3.05, 3.63) is 25.3 Å². The van der Waals surface area contributed by atoms with Crippen LogP contribution in [-0.4, -0.2) is 60.1 Å². The Balaban J connectivity index is 6.12. The molecule has 154 valence electrons. The standard InChI is InChI=1S/C19H31NO7/c1-10-12-25-13(11-2)14(15(21)24-9)20(16(22)26-18(3,4)5)17(23)27-19(6,7)8/h10-11,13-14H,1-2,12H2,3-9H3/t13-,14+/m0/s1. The Morgan fingerprint density at radius 2 is 1.41 bits per heavy atom. The number of methoxy groups -OCH3 is 1. The normalized spacial score (nSPS) is 13.7. The third-order valence-electron chi connectivity index (χ3n) is 2.85. The summed E-state index contributed by atoms with van der Waals surface area (Å²) in [6, 6.07) is -1.49. The summed E-state index contributed by atoms with van der Waals surface area (Å²) >= 11 is 0. The van der Waals surface area contributed by atoms with Crippen LogP contribution in [0.2, 0.25) is 0 Å². The maximum atomic E-state index is 12.7. The van der Waals surface area contributed by atoms with Gasteiger partial charge >= 0.3 is 18.2 Å². The zero-order valence-electron chi connectivity index (χ0n) is 17.2. The van der Waals surface area contributed by atoms with Crippen LogP contribution in [0.25, 0.3) is 0 Å². The van der Waals surface area contributed by atoms with E-state index in [0.29, 0.717) is 4.90 Å². The fourth-order valence-corrected chi connectivity index (χ4v) is 1.90. The number of carbonyl (C=O) groups excluding carboxylic acids is 3. The minimum atomic E-state index is -1.49. The van der Waals surface area contributed by atoms with Gasteiger partial charge in [0.2, 0.25) is 0 Å². The first-order chi connectivity index (χ1) is 12.3. The van der Waals surface area contributed by atoms with Crippen molar-refractivity contribution in [3.8, 4) is 0 Å². The third-order valence-corrected chi connectivity index (χ3v) is 2.85. The van der Waals surface area contributed by atoms with Gasteiger partial charge in [-0.15, -0.1) is 13.2 Å². The monoisotopic (exact) mass is 385 g/mol. The number of hydrogen-bond donors (Lipinski definition) is 0. The van der Waals surface area contributed by atoms with E-state index < -0.39 is 41.5 Å². The topological polar surface area (TPSA) is 91.4 Å². The molecule has 0 aliphatic rings. The van der Waals surface area contributed by atoms with Crippen molar-refractivity contribution in [2.75, 3.05) is 13.7 Å². The van der Waals surface area contributed by atoms with Crippen LogP contribution in [0.15, 0.2) is 25.3 Å².